The molecular formula is C20H36IN3O2. The predicted molar refractivity (Wildman–Crippen MR) is 115 cm³/mol. The zero-order valence-electron chi connectivity index (χ0n) is 16.5. The molecule has 2 unspecified atom stereocenters. The number of likely N-dealkylation sites (tertiary alicyclic amines) is 1. The second-order valence-electron chi connectivity index (χ2n) is 8.55. The van der Waals surface area contributed by atoms with Crippen LogP contribution >= 0.6 is 24.0 Å². The summed E-state index contributed by atoms with van der Waals surface area (Å²) in [6, 6.07) is 0.550. The Balaban J connectivity index is 0.00000196. The largest absolute Gasteiger partial charge is 0.381 e. The molecule has 5 nitrogen and oxygen atoms in total. The third-order valence-electron chi connectivity index (χ3n) is 7.34. The predicted octanol–water partition coefficient (Wildman–Crippen LogP) is 3.42. The lowest BCUT2D eigenvalue weighted by Gasteiger charge is -2.61. The van der Waals surface area contributed by atoms with Gasteiger partial charge in [0.15, 0.2) is 5.96 Å². The number of nitrogens with one attached hydrogen (secondary N) is 1. The first kappa shape index (κ1) is 20.6. The third-order valence-corrected chi connectivity index (χ3v) is 7.34. The molecule has 2 spiro atoms. The minimum absolute atomic E-state index is 0. The molecule has 6 heteroatoms. The van der Waals surface area contributed by atoms with Gasteiger partial charge in [-0.1, -0.05) is 6.42 Å². The molecule has 0 aromatic carbocycles. The Morgan fingerprint density at radius 2 is 1.96 bits per heavy atom. The van der Waals surface area contributed by atoms with E-state index in [1.54, 1.807) is 0 Å². The molecule has 4 fully saturated rings. The van der Waals surface area contributed by atoms with E-state index in [0.717, 1.165) is 51.8 Å². The van der Waals surface area contributed by atoms with Crippen molar-refractivity contribution < 1.29 is 9.47 Å². The first-order valence-electron chi connectivity index (χ1n) is 10.5. The molecule has 0 amide bonds. The maximum atomic E-state index is 6.02. The Morgan fingerprint density at radius 1 is 1.19 bits per heavy atom. The fourth-order valence-electron chi connectivity index (χ4n) is 5.51. The van der Waals surface area contributed by atoms with E-state index in [1.807, 2.05) is 0 Å². The van der Waals surface area contributed by atoms with Crippen molar-refractivity contribution in [1.29, 1.82) is 0 Å². The topological polar surface area (TPSA) is 46.1 Å². The van der Waals surface area contributed by atoms with Gasteiger partial charge in [0.1, 0.15) is 0 Å². The Bertz CT molecular complexity index is 503. The quantitative estimate of drug-likeness (QED) is 0.383. The molecule has 0 aromatic rings. The van der Waals surface area contributed by atoms with Gasteiger partial charge in [0, 0.05) is 50.9 Å². The SMILES string of the molecule is CCN=C(NC1CC(OCC)C12CCC2)N1CCC2(CCOCC2)C1.I. The average Bonchev–Trinajstić information content (AvgIpc) is 2.95. The zero-order chi connectivity index (χ0) is 17.3. The number of halogens is 1. The maximum Gasteiger partial charge on any atom is 0.194 e. The monoisotopic (exact) mass is 477 g/mol. The minimum Gasteiger partial charge on any atom is -0.381 e. The van der Waals surface area contributed by atoms with Crippen molar-refractivity contribution >= 4 is 29.9 Å². The fraction of sp³-hybridized carbons (Fsp3) is 0.950. The van der Waals surface area contributed by atoms with Gasteiger partial charge in [0.25, 0.3) is 0 Å². The van der Waals surface area contributed by atoms with Crippen molar-refractivity contribution in [2.45, 2.75) is 70.9 Å². The molecule has 2 heterocycles. The Kier molecular flexibility index (Phi) is 6.76. The molecule has 0 bridgehead atoms. The van der Waals surface area contributed by atoms with Crippen molar-refractivity contribution in [2.75, 3.05) is 39.5 Å². The van der Waals surface area contributed by atoms with E-state index in [1.165, 1.54) is 38.5 Å². The number of guanidine groups is 1. The van der Waals surface area contributed by atoms with Gasteiger partial charge in [0.05, 0.1) is 6.10 Å². The molecule has 0 radical (unpaired) electrons. The highest BCUT2D eigenvalue weighted by molar-refractivity contribution is 14.0. The maximum absolute atomic E-state index is 6.02. The number of hydrogen-bond acceptors (Lipinski definition) is 3. The van der Waals surface area contributed by atoms with Crippen molar-refractivity contribution in [2.24, 2.45) is 15.8 Å². The van der Waals surface area contributed by atoms with Crippen LogP contribution < -0.4 is 5.32 Å². The van der Waals surface area contributed by atoms with Gasteiger partial charge in [-0.15, -0.1) is 24.0 Å². The minimum atomic E-state index is 0. The highest BCUT2D eigenvalue weighted by Gasteiger charge is 2.59. The molecule has 4 aliphatic rings. The van der Waals surface area contributed by atoms with Crippen LogP contribution in [0.5, 0.6) is 0 Å². The van der Waals surface area contributed by atoms with Gasteiger partial charge < -0.3 is 19.7 Å². The standard InChI is InChI=1S/C20H35N3O2.HI/c1-3-21-18(23-11-8-19(15-23)9-12-24-13-10-19)22-16-14-17(25-4-2)20(16)6-5-7-20;/h16-17H,3-15H2,1-2H3,(H,21,22);1H. The Hall–Kier alpha value is -0.0800. The van der Waals surface area contributed by atoms with E-state index >= 15 is 0 Å². The molecule has 26 heavy (non-hydrogen) atoms. The highest BCUT2D eigenvalue weighted by atomic mass is 127. The lowest BCUT2D eigenvalue weighted by Crippen LogP contribution is -2.68. The van der Waals surface area contributed by atoms with E-state index in [9.17, 15) is 0 Å². The first-order valence-corrected chi connectivity index (χ1v) is 10.5. The highest BCUT2D eigenvalue weighted by Crippen LogP contribution is 2.57. The summed E-state index contributed by atoms with van der Waals surface area (Å²) in [7, 11) is 0. The fourth-order valence-corrected chi connectivity index (χ4v) is 5.51. The van der Waals surface area contributed by atoms with Crippen molar-refractivity contribution in [1.82, 2.24) is 10.2 Å². The van der Waals surface area contributed by atoms with Gasteiger partial charge >= 0.3 is 0 Å². The second kappa shape index (κ2) is 8.52. The van der Waals surface area contributed by atoms with Gasteiger partial charge in [-0.05, 0) is 57.8 Å². The number of ether oxygens (including phenoxy) is 2. The summed E-state index contributed by atoms with van der Waals surface area (Å²) < 4.78 is 11.6. The number of hydrogen-bond donors (Lipinski definition) is 1. The summed E-state index contributed by atoms with van der Waals surface area (Å²) in [5.41, 5.74) is 0.858. The Labute approximate surface area is 175 Å². The van der Waals surface area contributed by atoms with Crippen LogP contribution in [0.4, 0.5) is 0 Å². The van der Waals surface area contributed by atoms with Crippen LogP contribution in [0.25, 0.3) is 0 Å². The van der Waals surface area contributed by atoms with Crippen LogP contribution in [0.2, 0.25) is 0 Å². The summed E-state index contributed by atoms with van der Waals surface area (Å²) in [5, 5.41) is 3.86. The van der Waals surface area contributed by atoms with Crippen LogP contribution in [0.15, 0.2) is 4.99 Å². The molecule has 0 aromatic heterocycles. The molecule has 1 N–H and O–H groups in total. The number of aliphatic imine (C=N–C) groups is 1. The molecule has 2 atom stereocenters. The van der Waals surface area contributed by atoms with Crippen molar-refractivity contribution in [3.63, 3.8) is 0 Å². The van der Waals surface area contributed by atoms with E-state index in [2.05, 4.69) is 24.1 Å². The van der Waals surface area contributed by atoms with Crippen LogP contribution in [-0.4, -0.2) is 62.5 Å². The van der Waals surface area contributed by atoms with Crippen LogP contribution in [0.1, 0.15) is 58.8 Å². The normalized spacial score (nSPS) is 32.1. The molecular weight excluding hydrogens is 441 g/mol. The second-order valence-corrected chi connectivity index (χ2v) is 8.55. The van der Waals surface area contributed by atoms with Gasteiger partial charge in [0.2, 0.25) is 0 Å². The summed E-state index contributed by atoms with van der Waals surface area (Å²) in [6.45, 7) is 10.1. The summed E-state index contributed by atoms with van der Waals surface area (Å²) in [4.78, 5) is 7.38. The molecule has 2 aliphatic heterocycles. The zero-order valence-corrected chi connectivity index (χ0v) is 18.8. The molecule has 4 rings (SSSR count). The van der Waals surface area contributed by atoms with Crippen molar-refractivity contribution in [3.8, 4) is 0 Å². The Morgan fingerprint density at radius 3 is 2.58 bits per heavy atom. The molecule has 2 aliphatic carbocycles. The average molecular weight is 477 g/mol. The van der Waals surface area contributed by atoms with E-state index in [0.29, 0.717) is 23.0 Å². The van der Waals surface area contributed by atoms with E-state index in [-0.39, 0.29) is 24.0 Å². The summed E-state index contributed by atoms with van der Waals surface area (Å²) in [5.74, 6) is 1.15. The smallest absolute Gasteiger partial charge is 0.194 e. The molecule has 2 saturated heterocycles. The molecule has 2 saturated carbocycles. The third kappa shape index (κ3) is 3.62. The lowest BCUT2D eigenvalue weighted by atomic mass is 9.51. The van der Waals surface area contributed by atoms with Crippen molar-refractivity contribution in [3.05, 3.63) is 0 Å². The summed E-state index contributed by atoms with van der Waals surface area (Å²) in [6.07, 6.45) is 9.31. The lowest BCUT2D eigenvalue weighted by molar-refractivity contribution is -0.168. The first-order chi connectivity index (χ1) is 12.2. The van der Waals surface area contributed by atoms with Crippen LogP contribution in [0.3, 0.4) is 0 Å². The van der Waals surface area contributed by atoms with E-state index < -0.39 is 0 Å². The van der Waals surface area contributed by atoms with Crippen LogP contribution in [-0.2, 0) is 9.47 Å². The van der Waals surface area contributed by atoms with E-state index in [4.69, 9.17) is 14.5 Å². The van der Waals surface area contributed by atoms with Crippen LogP contribution in [0, 0.1) is 10.8 Å². The number of nitrogens with zero attached hydrogens (tertiary/aromatic N) is 2. The number of rotatable bonds is 4. The van der Waals surface area contributed by atoms with Gasteiger partial charge in [-0.3, -0.25) is 4.99 Å². The van der Waals surface area contributed by atoms with Gasteiger partial charge in [-0.25, -0.2) is 0 Å². The molecule has 150 valence electrons. The summed E-state index contributed by atoms with van der Waals surface area (Å²) >= 11 is 0. The van der Waals surface area contributed by atoms with Gasteiger partial charge in [-0.2, -0.15) is 0 Å².